The van der Waals surface area contributed by atoms with Crippen LogP contribution in [-0.4, -0.2) is 51.6 Å². The Kier molecular flexibility index (Phi) is 6.78. The molecule has 0 aliphatic rings. The summed E-state index contributed by atoms with van der Waals surface area (Å²) in [5, 5.41) is 15.6. The molecule has 0 saturated heterocycles. The smallest absolute Gasteiger partial charge is 0.209 e. The Hall–Kier alpha value is -0.270. The van der Waals surface area contributed by atoms with E-state index in [0.717, 1.165) is 24.0 Å². The quantitative estimate of drug-likeness (QED) is 0.540. The van der Waals surface area contributed by atoms with E-state index in [1.54, 1.807) is 11.8 Å². The zero-order valence-corrected chi connectivity index (χ0v) is 10.8. The predicted octanol–water partition coefficient (Wildman–Crippen LogP) is 0.738. The maximum absolute atomic E-state index is 4.00. The van der Waals surface area contributed by atoms with Crippen LogP contribution in [0.15, 0.2) is 5.16 Å². The van der Waals surface area contributed by atoms with E-state index in [0.29, 0.717) is 0 Å². The lowest BCUT2D eigenvalue weighted by Crippen LogP contribution is -2.16. The van der Waals surface area contributed by atoms with E-state index in [4.69, 9.17) is 0 Å². The minimum absolute atomic E-state index is 0.828. The van der Waals surface area contributed by atoms with E-state index in [-0.39, 0.29) is 0 Å². The van der Waals surface area contributed by atoms with Gasteiger partial charge in [-0.15, -0.1) is 5.10 Å². The molecule has 0 aromatic carbocycles. The number of tetrazole rings is 1. The Labute approximate surface area is 98.8 Å². The van der Waals surface area contributed by atoms with Crippen LogP contribution in [-0.2, 0) is 6.54 Å². The number of hydrogen-bond donors (Lipinski definition) is 1. The molecule has 0 spiro atoms. The molecule has 0 unspecified atom stereocenters. The van der Waals surface area contributed by atoms with Gasteiger partial charge >= 0.3 is 0 Å². The van der Waals surface area contributed by atoms with E-state index >= 15 is 0 Å². The zero-order chi connectivity index (χ0) is 10.9. The van der Waals surface area contributed by atoms with E-state index in [1.165, 1.54) is 12.2 Å². The summed E-state index contributed by atoms with van der Waals surface area (Å²) in [5.74, 6) is 2.28. The molecule has 7 heteroatoms. The van der Waals surface area contributed by atoms with Crippen molar-refractivity contribution in [1.82, 2.24) is 25.5 Å². The van der Waals surface area contributed by atoms with Crippen molar-refractivity contribution < 1.29 is 0 Å². The molecule has 1 heterocycles. The van der Waals surface area contributed by atoms with Crippen molar-refractivity contribution in [2.24, 2.45) is 0 Å². The third-order valence-electron chi connectivity index (χ3n) is 1.80. The molecule has 1 N–H and O–H groups in total. The Morgan fingerprint density at radius 3 is 3.00 bits per heavy atom. The van der Waals surface area contributed by atoms with Gasteiger partial charge in [0.05, 0.1) is 6.54 Å². The maximum Gasteiger partial charge on any atom is 0.209 e. The van der Waals surface area contributed by atoms with Crippen LogP contribution in [0.1, 0.15) is 6.42 Å². The van der Waals surface area contributed by atoms with Gasteiger partial charge < -0.3 is 5.32 Å². The van der Waals surface area contributed by atoms with Gasteiger partial charge in [-0.2, -0.15) is 11.8 Å². The average Bonchev–Trinajstić information content (AvgIpc) is 2.69. The lowest BCUT2D eigenvalue weighted by atomic mass is 10.6. The molecule has 1 aromatic rings. The highest BCUT2D eigenvalue weighted by Gasteiger charge is 2.05. The van der Waals surface area contributed by atoms with Crippen LogP contribution in [0, 0.1) is 0 Å². The van der Waals surface area contributed by atoms with Crippen LogP contribution in [0.4, 0.5) is 0 Å². The molecule has 0 amide bonds. The highest BCUT2D eigenvalue weighted by Crippen LogP contribution is 2.15. The van der Waals surface area contributed by atoms with Crippen molar-refractivity contribution in [3.8, 4) is 0 Å². The third-order valence-corrected chi connectivity index (χ3v) is 3.54. The zero-order valence-electron chi connectivity index (χ0n) is 9.14. The lowest BCUT2D eigenvalue weighted by Gasteiger charge is -2.02. The van der Waals surface area contributed by atoms with Crippen molar-refractivity contribution in [3.63, 3.8) is 0 Å². The number of hydrogen-bond acceptors (Lipinski definition) is 6. The van der Waals surface area contributed by atoms with Crippen molar-refractivity contribution in [1.29, 1.82) is 0 Å². The first-order valence-corrected chi connectivity index (χ1v) is 7.29. The summed E-state index contributed by atoms with van der Waals surface area (Å²) < 4.78 is 1.85. The van der Waals surface area contributed by atoms with Gasteiger partial charge in [-0.3, -0.25) is 0 Å². The second-order valence-corrected chi connectivity index (χ2v) is 5.03. The number of aromatic nitrogens is 4. The monoisotopic (exact) mass is 247 g/mol. The molecule has 0 fully saturated rings. The molecular weight excluding hydrogens is 230 g/mol. The Balaban J connectivity index is 2.29. The lowest BCUT2D eigenvalue weighted by molar-refractivity contribution is 0.530. The number of thioether (sulfide) groups is 2. The standard InChI is InChI=1S/C8H17N5S2/c1-9-4-5-13-8(10-11-12-13)15-7-3-6-14-2/h9H,3-7H2,1-2H3. The summed E-state index contributed by atoms with van der Waals surface area (Å²) in [6.45, 7) is 1.72. The molecule has 15 heavy (non-hydrogen) atoms. The third kappa shape index (κ3) is 4.85. The Morgan fingerprint density at radius 2 is 2.27 bits per heavy atom. The van der Waals surface area contributed by atoms with Crippen molar-refractivity contribution in [3.05, 3.63) is 0 Å². The summed E-state index contributed by atoms with van der Waals surface area (Å²) in [5.41, 5.74) is 0. The molecule has 1 rings (SSSR count). The molecule has 0 aliphatic carbocycles. The molecule has 86 valence electrons. The molecular formula is C8H17N5S2. The molecule has 0 radical (unpaired) electrons. The second kappa shape index (κ2) is 7.95. The second-order valence-electron chi connectivity index (χ2n) is 2.98. The van der Waals surface area contributed by atoms with Crippen LogP contribution in [0.2, 0.25) is 0 Å². The summed E-state index contributed by atoms with van der Waals surface area (Å²) in [7, 11) is 1.93. The van der Waals surface area contributed by atoms with Crippen LogP contribution >= 0.6 is 23.5 Å². The van der Waals surface area contributed by atoms with Gasteiger partial charge in [0.1, 0.15) is 0 Å². The largest absolute Gasteiger partial charge is 0.318 e. The van der Waals surface area contributed by atoms with Gasteiger partial charge in [-0.05, 0) is 35.9 Å². The molecule has 0 aliphatic heterocycles. The van der Waals surface area contributed by atoms with E-state index in [9.17, 15) is 0 Å². The number of rotatable bonds is 8. The minimum atomic E-state index is 0.828. The number of nitrogens with one attached hydrogen (secondary N) is 1. The first-order chi connectivity index (χ1) is 7.38. The normalized spacial score (nSPS) is 10.8. The van der Waals surface area contributed by atoms with Crippen LogP contribution < -0.4 is 5.32 Å². The fraction of sp³-hybridized carbons (Fsp3) is 0.875. The fourth-order valence-corrected chi connectivity index (χ4v) is 2.48. The predicted molar refractivity (Wildman–Crippen MR) is 65.5 cm³/mol. The van der Waals surface area contributed by atoms with Crippen LogP contribution in [0.3, 0.4) is 0 Å². The number of likely N-dealkylation sites (N-methyl/N-ethyl adjacent to an activating group) is 1. The molecule has 5 nitrogen and oxygen atoms in total. The average molecular weight is 247 g/mol. The molecule has 0 saturated carbocycles. The summed E-state index contributed by atoms with van der Waals surface area (Å²) >= 11 is 3.60. The van der Waals surface area contributed by atoms with Gasteiger partial charge in [-0.25, -0.2) is 4.68 Å². The summed E-state index contributed by atoms with van der Waals surface area (Å²) in [4.78, 5) is 0. The van der Waals surface area contributed by atoms with E-state index < -0.39 is 0 Å². The first kappa shape index (κ1) is 12.8. The molecule has 1 aromatic heterocycles. The van der Waals surface area contributed by atoms with Gasteiger partial charge in [0.25, 0.3) is 0 Å². The SMILES string of the molecule is CNCCn1nnnc1SCCCSC. The van der Waals surface area contributed by atoms with Gasteiger partial charge in [0.15, 0.2) is 0 Å². The highest BCUT2D eigenvalue weighted by molar-refractivity contribution is 7.99. The molecule has 0 bridgehead atoms. The Bertz CT molecular complexity index is 265. The molecule has 0 atom stereocenters. The first-order valence-electron chi connectivity index (χ1n) is 4.91. The number of nitrogens with zero attached hydrogens (tertiary/aromatic N) is 4. The maximum atomic E-state index is 4.00. The van der Waals surface area contributed by atoms with Crippen LogP contribution in [0.25, 0.3) is 0 Å². The van der Waals surface area contributed by atoms with Crippen molar-refractivity contribution in [2.75, 3.05) is 31.4 Å². The highest BCUT2D eigenvalue weighted by atomic mass is 32.2. The van der Waals surface area contributed by atoms with Crippen molar-refractivity contribution in [2.45, 2.75) is 18.1 Å². The van der Waals surface area contributed by atoms with Gasteiger partial charge in [0, 0.05) is 12.3 Å². The summed E-state index contributed by atoms with van der Waals surface area (Å²) in [6, 6.07) is 0. The summed E-state index contributed by atoms with van der Waals surface area (Å²) in [6.07, 6.45) is 3.33. The topological polar surface area (TPSA) is 55.6 Å². The van der Waals surface area contributed by atoms with E-state index in [2.05, 4.69) is 27.1 Å². The van der Waals surface area contributed by atoms with E-state index in [1.807, 2.05) is 23.5 Å². The van der Waals surface area contributed by atoms with Gasteiger partial charge in [-0.1, -0.05) is 11.8 Å². The minimum Gasteiger partial charge on any atom is -0.318 e. The fourth-order valence-electron chi connectivity index (χ4n) is 1.02. The Morgan fingerprint density at radius 1 is 1.40 bits per heavy atom. The van der Waals surface area contributed by atoms with Crippen molar-refractivity contribution >= 4 is 23.5 Å². The van der Waals surface area contributed by atoms with Gasteiger partial charge in [0.2, 0.25) is 5.16 Å². The van der Waals surface area contributed by atoms with Crippen LogP contribution in [0.5, 0.6) is 0 Å².